The Morgan fingerprint density at radius 1 is 1.32 bits per heavy atom. The number of benzene rings is 1. The Morgan fingerprint density at radius 2 is 2.16 bits per heavy atom. The maximum Gasteiger partial charge on any atom is 0.137 e. The molecule has 2 aliphatic rings. The molecule has 2 aliphatic heterocycles. The van der Waals surface area contributed by atoms with Crippen molar-refractivity contribution in [3.63, 3.8) is 0 Å². The molecule has 0 spiro atoms. The summed E-state index contributed by atoms with van der Waals surface area (Å²) in [5.41, 5.74) is 1.21. The zero-order valence-corrected chi connectivity index (χ0v) is 12.4. The molecule has 1 aromatic carbocycles. The SMILES string of the molecule is COc1ccc(N2CC3CCCN3CC2C)cc1Cl. The van der Waals surface area contributed by atoms with Gasteiger partial charge in [-0.3, -0.25) is 4.90 Å². The van der Waals surface area contributed by atoms with Gasteiger partial charge < -0.3 is 9.64 Å². The normalized spacial score (nSPS) is 27.4. The van der Waals surface area contributed by atoms with E-state index in [9.17, 15) is 0 Å². The second kappa shape index (κ2) is 5.22. The largest absolute Gasteiger partial charge is 0.495 e. The molecular weight excluding hydrogens is 260 g/mol. The number of halogens is 1. The van der Waals surface area contributed by atoms with Gasteiger partial charge in [-0.05, 0) is 44.5 Å². The third kappa shape index (κ3) is 2.41. The van der Waals surface area contributed by atoms with E-state index in [0.29, 0.717) is 11.1 Å². The maximum atomic E-state index is 6.25. The zero-order chi connectivity index (χ0) is 13.4. The summed E-state index contributed by atoms with van der Waals surface area (Å²) in [6.07, 6.45) is 2.67. The van der Waals surface area contributed by atoms with Crippen LogP contribution in [0.25, 0.3) is 0 Å². The minimum Gasteiger partial charge on any atom is -0.495 e. The smallest absolute Gasteiger partial charge is 0.137 e. The molecule has 2 saturated heterocycles. The fraction of sp³-hybridized carbons (Fsp3) is 0.600. The predicted octanol–water partition coefficient (Wildman–Crippen LogP) is 3.02. The van der Waals surface area contributed by atoms with Crippen molar-refractivity contribution in [2.75, 3.05) is 31.6 Å². The fourth-order valence-corrected chi connectivity index (χ4v) is 3.63. The van der Waals surface area contributed by atoms with Gasteiger partial charge >= 0.3 is 0 Å². The lowest BCUT2D eigenvalue weighted by atomic mass is 10.1. The molecule has 0 aliphatic carbocycles. The Labute approximate surface area is 120 Å². The van der Waals surface area contributed by atoms with Crippen LogP contribution in [0.4, 0.5) is 5.69 Å². The lowest BCUT2D eigenvalue weighted by Crippen LogP contribution is -2.55. The Kier molecular flexibility index (Phi) is 3.59. The first-order valence-electron chi connectivity index (χ1n) is 7.03. The average molecular weight is 281 g/mol. The van der Waals surface area contributed by atoms with Gasteiger partial charge in [0.25, 0.3) is 0 Å². The Hall–Kier alpha value is -0.930. The molecule has 2 unspecified atom stereocenters. The zero-order valence-electron chi connectivity index (χ0n) is 11.6. The first-order valence-corrected chi connectivity index (χ1v) is 7.41. The van der Waals surface area contributed by atoms with Gasteiger partial charge in [-0.15, -0.1) is 0 Å². The van der Waals surface area contributed by atoms with Crippen LogP contribution >= 0.6 is 11.6 Å². The summed E-state index contributed by atoms with van der Waals surface area (Å²) in [6, 6.07) is 7.37. The van der Waals surface area contributed by atoms with E-state index in [1.54, 1.807) is 7.11 Å². The number of hydrogen-bond donors (Lipinski definition) is 0. The van der Waals surface area contributed by atoms with Crippen LogP contribution in [0.15, 0.2) is 18.2 Å². The summed E-state index contributed by atoms with van der Waals surface area (Å²) >= 11 is 6.25. The van der Waals surface area contributed by atoms with Crippen LogP contribution in [0, 0.1) is 0 Å². The van der Waals surface area contributed by atoms with Crippen LogP contribution in [-0.4, -0.2) is 43.7 Å². The summed E-state index contributed by atoms with van der Waals surface area (Å²) < 4.78 is 5.22. The molecule has 2 fully saturated rings. The van der Waals surface area contributed by atoms with Gasteiger partial charge in [-0.25, -0.2) is 0 Å². The minimum absolute atomic E-state index is 0.541. The van der Waals surface area contributed by atoms with Crippen molar-refractivity contribution in [2.24, 2.45) is 0 Å². The number of anilines is 1. The summed E-state index contributed by atoms with van der Waals surface area (Å²) in [6.45, 7) is 5.84. The fourth-order valence-electron chi connectivity index (χ4n) is 3.38. The van der Waals surface area contributed by atoms with Crippen molar-refractivity contribution in [3.05, 3.63) is 23.2 Å². The summed E-state index contributed by atoms with van der Waals surface area (Å²) in [5, 5.41) is 0.695. The minimum atomic E-state index is 0.541. The van der Waals surface area contributed by atoms with Crippen LogP contribution < -0.4 is 9.64 Å². The van der Waals surface area contributed by atoms with Crippen molar-refractivity contribution in [3.8, 4) is 5.75 Å². The predicted molar refractivity (Wildman–Crippen MR) is 79.4 cm³/mol. The first kappa shape index (κ1) is 13.1. The summed E-state index contributed by atoms with van der Waals surface area (Å²) in [5.74, 6) is 0.748. The number of piperazine rings is 1. The lowest BCUT2D eigenvalue weighted by Gasteiger charge is -2.43. The highest BCUT2D eigenvalue weighted by molar-refractivity contribution is 6.32. The van der Waals surface area contributed by atoms with Gasteiger partial charge in [0.05, 0.1) is 12.1 Å². The molecular formula is C15H21ClN2O. The molecule has 4 heteroatoms. The molecule has 0 saturated carbocycles. The molecule has 3 rings (SSSR count). The molecule has 0 amide bonds. The number of nitrogens with zero attached hydrogens (tertiary/aromatic N) is 2. The highest BCUT2D eigenvalue weighted by atomic mass is 35.5. The van der Waals surface area contributed by atoms with E-state index in [4.69, 9.17) is 16.3 Å². The molecule has 1 aromatic rings. The van der Waals surface area contributed by atoms with Crippen LogP contribution in [0.2, 0.25) is 5.02 Å². The Morgan fingerprint density at radius 3 is 2.89 bits per heavy atom. The lowest BCUT2D eigenvalue weighted by molar-refractivity contribution is 0.203. The number of rotatable bonds is 2. The number of hydrogen-bond acceptors (Lipinski definition) is 3. The van der Waals surface area contributed by atoms with Crippen LogP contribution in [0.5, 0.6) is 5.75 Å². The molecule has 104 valence electrons. The van der Waals surface area contributed by atoms with E-state index < -0.39 is 0 Å². The van der Waals surface area contributed by atoms with Gasteiger partial charge in [-0.2, -0.15) is 0 Å². The topological polar surface area (TPSA) is 15.7 Å². The van der Waals surface area contributed by atoms with Crippen molar-refractivity contribution in [1.29, 1.82) is 0 Å². The average Bonchev–Trinajstić information content (AvgIpc) is 2.84. The number of fused-ring (bicyclic) bond motifs is 1. The first-order chi connectivity index (χ1) is 9.19. The summed E-state index contributed by atoms with van der Waals surface area (Å²) in [7, 11) is 1.65. The molecule has 3 nitrogen and oxygen atoms in total. The molecule has 2 heterocycles. The van der Waals surface area contributed by atoms with Gasteiger partial charge in [-0.1, -0.05) is 11.6 Å². The number of methoxy groups -OCH3 is 1. The van der Waals surface area contributed by atoms with E-state index in [1.165, 1.54) is 25.1 Å². The number of ether oxygens (including phenoxy) is 1. The Bertz CT molecular complexity index is 465. The molecule has 0 aromatic heterocycles. The maximum absolute atomic E-state index is 6.25. The van der Waals surface area contributed by atoms with Crippen LogP contribution in [-0.2, 0) is 0 Å². The second-order valence-corrected chi connectivity index (χ2v) is 6.02. The summed E-state index contributed by atoms with van der Waals surface area (Å²) in [4.78, 5) is 5.12. The molecule has 0 bridgehead atoms. The molecule has 19 heavy (non-hydrogen) atoms. The van der Waals surface area contributed by atoms with Gasteiger partial charge in [0.15, 0.2) is 0 Å². The van der Waals surface area contributed by atoms with Crippen molar-refractivity contribution >= 4 is 17.3 Å². The van der Waals surface area contributed by atoms with E-state index >= 15 is 0 Å². The van der Waals surface area contributed by atoms with E-state index in [1.807, 2.05) is 12.1 Å². The highest BCUT2D eigenvalue weighted by Gasteiger charge is 2.34. The van der Waals surface area contributed by atoms with Gasteiger partial charge in [0, 0.05) is 30.9 Å². The van der Waals surface area contributed by atoms with E-state index in [0.717, 1.165) is 24.9 Å². The molecule has 2 atom stereocenters. The quantitative estimate of drug-likeness (QED) is 0.828. The van der Waals surface area contributed by atoms with Crippen molar-refractivity contribution < 1.29 is 4.74 Å². The van der Waals surface area contributed by atoms with E-state index in [-0.39, 0.29) is 0 Å². The third-order valence-electron chi connectivity index (χ3n) is 4.40. The second-order valence-electron chi connectivity index (χ2n) is 5.61. The molecule has 0 radical (unpaired) electrons. The van der Waals surface area contributed by atoms with Crippen molar-refractivity contribution in [2.45, 2.75) is 31.8 Å². The van der Waals surface area contributed by atoms with Crippen LogP contribution in [0.3, 0.4) is 0 Å². The van der Waals surface area contributed by atoms with Crippen LogP contribution in [0.1, 0.15) is 19.8 Å². The Balaban J connectivity index is 1.82. The van der Waals surface area contributed by atoms with Gasteiger partial charge in [0.1, 0.15) is 5.75 Å². The monoisotopic (exact) mass is 280 g/mol. The highest BCUT2D eigenvalue weighted by Crippen LogP contribution is 2.33. The van der Waals surface area contributed by atoms with Crippen molar-refractivity contribution in [1.82, 2.24) is 4.90 Å². The van der Waals surface area contributed by atoms with E-state index in [2.05, 4.69) is 22.8 Å². The third-order valence-corrected chi connectivity index (χ3v) is 4.70. The molecule has 0 N–H and O–H groups in total. The van der Waals surface area contributed by atoms with Gasteiger partial charge in [0.2, 0.25) is 0 Å². The standard InChI is InChI=1S/C15H21ClN2O/c1-11-9-17-7-3-4-13(17)10-18(11)12-5-6-15(19-2)14(16)8-12/h5-6,8,11,13H,3-4,7,9-10H2,1-2H3.